The maximum absolute atomic E-state index is 5.68. The molecule has 2 unspecified atom stereocenters. The van der Waals surface area contributed by atoms with E-state index < -0.39 is 0 Å². The number of halogens is 1. The van der Waals surface area contributed by atoms with E-state index in [0.717, 1.165) is 18.0 Å². The summed E-state index contributed by atoms with van der Waals surface area (Å²) in [7, 11) is 0. The van der Waals surface area contributed by atoms with Crippen molar-refractivity contribution in [3.05, 3.63) is 0 Å². The van der Waals surface area contributed by atoms with Crippen molar-refractivity contribution in [1.29, 1.82) is 0 Å². The fourth-order valence-corrected chi connectivity index (χ4v) is 2.54. The maximum Gasteiger partial charge on any atom is 0.0223 e. The summed E-state index contributed by atoms with van der Waals surface area (Å²) < 4.78 is 0. The first-order valence-corrected chi connectivity index (χ1v) is 6.14. The van der Waals surface area contributed by atoms with Crippen LogP contribution < -0.4 is 0 Å². The van der Waals surface area contributed by atoms with E-state index in [0.29, 0.717) is 0 Å². The van der Waals surface area contributed by atoms with Crippen LogP contribution in [0.1, 0.15) is 46.0 Å². The van der Waals surface area contributed by atoms with Gasteiger partial charge < -0.3 is 0 Å². The molecule has 2 atom stereocenters. The highest BCUT2D eigenvalue weighted by Gasteiger charge is 2.28. The Morgan fingerprint density at radius 1 is 1.31 bits per heavy atom. The summed E-state index contributed by atoms with van der Waals surface area (Å²) in [5.74, 6) is 0.818. The smallest absolute Gasteiger partial charge is 0.0223 e. The molecule has 0 aromatic heterocycles. The van der Waals surface area contributed by atoms with Gasteiger partial charge in [0, 0.05) is 18.0 Å². The predicted molar refractivity (Wildman–Crippen MR) is 59.4 cm³/mol. The second kappa shape index (κ2) is 5.87. The van der Waals surface area contributed by atoms with Crippen molar-refractivity contribution in [2.24, 2.45) is 0 Å². The van der Waals surface area contributed by atoms with Crippen LogP contribution in [-0.4, -0.2) is 29.4 Å². The fraction of sp³-hybridized carbons (Fsp3) is 1.00. The first-order chi connectivity index (χ1) is 6.29. The lowest BCUT2D eigenvalue weighted by Crippen LogP contribution is -2.34. The number of hydrogen-bond donors (Lipinski definition) is 0. The van der Waals surface area contributed by atoms with E-state index in [2.05, 4.69) is 18.7 Å². The molecule has 13 heavy (non-hydrogen) atoms. The average Bonchev–Trinajstić information content (AvgIpc) is 2.48. The minimum atomic E-state index is 0.806. The third kappa shape index (κ3) is 3.14. The summed E-state index contributed by atoms with van der Waals surface area (Å²) in [6.07, 6.45) is 6.54. The van der Waals surface area contributed by atoms with Gasteiger partial charge in [-0.1, -0.05) is 6.92 Å². The van der Waals surface area contributed by atoms with Crippen LogP contribution in [0.5, 0.6) is 0 Å². The van der Waals surface area contributed by atoms with Crippen LogP contribution in [0.2, 0.25) is 0 Å². The van der Waals surface area contributed by atoms with Crippen LogP contribution >= 0.6 is 11.6 Å². The van der Waals surface area contributed by atoms with Crippen molar-refractivity contribution < 1.29 is 0 Å². The molecule has 0 saturated carbocycles. The Morgan fingerprint density at radius 2 is 2.08 bits per heavy atom. The van der Waals surface area contributed by atoms with Gasteiger partial charge in [0.2, 0.25) is 0 Å². The molecule has 1 fully saturated rings. The van der Waals surface area contributed by atoms with Gasteiger partial charge in [-0.3, -0.25) is 4.90 Å². The summed E-state index contributed by atoms with van der Waals surface area (Å²) in [5.41, 5.74) is 0. The zero-order valence-corrected chi connectivity index (χ0v) is 9.69. The number of rotatable bonds is 5. The van der Waals surface area contributed by atoms with Gasteiger partial charge >= 0.3 is 0 Å². The highest BCUT2D eigenvalue weighted by Crippen LogP contribution is 2.25. The van der Waals surface area contributed by atoms with Crippen molar-refractivity contribution in [1.82, 2.24) is 4.90 Å². The topological polar surface area (TPSA) is 3.24 Å². The van der Waals surface area contributed by atoms with E-state index in [9.17, 15) is 0 Å². The molecule has 0 amide bonds. The molecule has 0 aromatic rings. The Labute approximate surface area is 87.4 Å². The first-order valence-electron chi connectivity index (χ1n) is 5.61. The number of likely N-dealkylation sites (tertiary alicyclic amines) is 1. The molecule has 0 aromatic carbocycles. The normalized spacial score (nSPS) is 29.8. The van der Waals surface area contributed by atoms with Crippen LogP contribution in [0.15, 0.2) is 0 Å². The van der Waals surface area contributed by atoms with E-state index in [4.69, 9.17) is 11.6 Å². The molecule has 0 N–H and O–H groups in total. The maximum atomic E-state index is 5.68. The second-order valence-corrected chi connectivity index (χ2v) is 4.50. The van der Waals surface area contributed by atoms with E-state index in [1.54, 1.807) is 0 Å². The second-order valence-electron chi connectivity index (χ2n) is 4.12. The van der Waals surface area contributed by atoms with Gasteiger partial charge in [-0.25, -0.2) is 0 Å². The Bertz CT molecular complexity index is 138. The zero-order valence-electron chi connectivity index (χ0n) is 8.93. The molecule has 1 heterocycles. The minimum Gasteiger partial charge on any atom is -0.298 e. The van der Waals surface area contributed by atoms with Crippen molar-refractivity contribution in [3.63, 3.8) is 0 Å². The third-order valence-corrected chi connectivity index (χ3v) is 3.49. The Morgan fingerprint density at radius 3 is 2.69 bits per heavy atom. The highest BCUT2D eigenvalue weighted by molar-refractivity contribution is 6.17. The molecule has 78 valence electrons. The van der Waals surface area contributed by atoms with E-state index in [-0.39, 0.29) is 0 Å². The van der Waals surface area contributed by atoms with Crippen LogP contribution in [0.4, 0.5) is 0 Å². The van der Waals surface area contributed by atoms with Gasteiger partial charge in [0.25, 0.3) is 0 Å². The summed E-state index contributed by atoms with van der Waals surface area (Å²) in [6.45, 7) is 5.92. The van der Waals surface area contributed by atoms with E-state index >= 15 is 0 Å². The summed E-state index contributed by atoms with van der Waals surface area (Å²) in [5, 5.41) is 0. The molecule has 0 bridgehead atoms. The van der Waals surface area contributed by atoms with Gasteiger partial charge in [-0.15, -0.1) is 11.6 Å². The number of nitrogens with zero attached hydrogens (tertiary/aromatic N) is 1. The molecular weight excluding hydrogens is 182 g/mol. The summed E-state index contributed by atoms with van der Waals surface area (Å²) in [6, 6.07) is 1.66. The van der Waals surface area contributed by atoms with E-state index in [1.807, 2.05) is 0 Å². The Balaban J connectivity index is 2.27. The van der Waals surface area contributed by atoms with Gasteiger partial charge in [0.05, 0.1) is 0 Å². The van der Waals surface area contributed by atoms with E-state index in [1.165, 1.54) is 38.6 Å². The Kier molecular flexibility index (Phi) is 5.12. The lowest BCUT2D eigenvalue weighted by atomic mass is 10.1. The average molecular weight is 204 g/mol. The minimum absolute atomic E-state index is 0.806. The first kappa shape index (κ1) is 11.3. The van der Waals surface area contributed by atoms with Gasteiger partial charge in [-0.05, 0) is 45.6 Å². The van der Waals surface area contributed by atoms with Gasteiger partial charge in [0.1, 0.15) is 0 Å². The number of alkyl halides is 1. The quantitative estimate of drug-likeness (QED) is 0.490. The number of hydrogen-bond acceptors (Lipinski definition) is 1. The Hall–Kier alpha value is 0.250. The lowest BCUT2D eigenvalue weighted by Gasteiger charge is -2.27. The highest BCUT2D eigenvalue weighted by atomic mass is 35.5. The van der Waals surface area contributed by atoms with Crippen LogP contribution in [0.25, 0.3) is 0 Å². The van der Waals surface area contributed by atoms with Crippen molar-refractivity contribution in [3.8, 4) is 0 Å². The van der Waals surface area contributed by atoms with Crippen LogP contribution in [-0.2, 0) is 0 Å². The molecule has 1 nitrogen and oxygen atoms in total. The standard InChI is InChI=1S/C11H22ClN/c1-3-11-7-6-10(2)13(11)9-5-4-8-12/h10-11H,3-9H2,1-2H3. The van der Waals surface area contributed by atoms with Crippen molar-refractivity contribution in [2.45, 2.75) is 58.0 Å². The molecule has 2 heteroatoms. The van der Waals surface area contributed by atoms with Gasteiger partial charge in [-0.2, -0.15) is 0 Å². The molecule has 1 aliphatic heterocycles. The molecule has 0 aliphatic carbocycles. The van der Waals surface area contributed by atoms with Gasteiger partial charge in [0.15, 0.2) is 0 Å². The molecule has 0 spiro atoms. The predicted octanol–water partition coefficient (Wildman–Crippen LogP) is 3.27. The molecule has 1 saturated heterocycles. The molecular formula is C11H22ClN. The fourth-order valence-electron chi connectivity index (χ4n) is 2.36. The third-order valence-electron chi connectivity index (χ3n) is 3.22. The monoisotopic (exact) mass is 203 g/mol. The SMILES string of the molecule is CCC1CCC(C)N1CCCCCl. The molecule has 1 rings (SSSR count). The largest absolute Gasteiger partial charge is 0.298 e. The molecule has 0 radical (unpaired) electrons. The van der Waals surface area contributed by atoms with Crippen molar-refractivity contribution >= 4 is 11.6 Å². The molecule has 1 aliphatic rings. The lowest BCUT2D eigenvalue weighted by molar-refractivity contribution is 0.196. The zero-order chi connectivity index (χ0) is 9.68. The van der Waals surface area contributed by atoms with Crippen LogP contribution in [0, 0.1) is 0 Å². The summed E-state index contributed by atoms with van der Waals surface area (Å²) in [4.78, 5) is 2.67. The van der Waals surface area contributed by atoms with Crippen molar-refractivity contribution in [2.75, 3.05) is 12.4 Å². The summed E-state index contributed by atoms with van der Waals surface area (Å²) >= 11 is 5.68. The number of unbranched alkanes of at least 4 members (excludes halogenated alkanes) is 1. The van der Waals surface area contributed by atoms with Crippen LogP contribution in [0.3, 0.4) is 0 Å².